The van der Waals surface area contributed by atoms with E-state index in [9.17, 15) is 24.1 Å². The summed E-state index contributed by atoms with van der Waals surface area (Å²) in [6, 6.07) is 10.6. The van der Waals surface area contributed by atoms with Gasteiger partial charge in [-0.15, -0.1) is 17.4 Å². The van der Waals surface area contributed by atoms with E-state index >= 15 is 8.78 Å². The molecule has 0 aromatic heterocycles. The predicted molar refractivity (Wildman–Crippen MR) is 126 cm³/mol. The van der Waals surface area contributed by atoms with Crippen molar-refractivity contribution in [2.75, 3.05) is 0 Å². The number of halogens is 2. The van der Waals surface area contributed by atoms with E-state index in [1.165, 1.54) is 10.4 Å². The third-order valence-corrected chi connectivity index (χ3v) is 9.67. The van der Waals surface area contributed by atoms with Crippen molar-refractivity contribution in [2.45, 2.75) is 61.5 Å². The third kappa shape index (κ3) is 4.05. The Morgan fingerprint density at radius 1 is 1.18 bits per heavy atom. The number of benzene rings is 2. The average molecular weight is 494 g/mol. The Morgan fingerprint density at radius 3 is 2.41 bits per heavy atom. The maximum absolute atomic E-state index is 15.2. The first-order valence-electron chi connectivity index (χ1n) is 11.1. The fraction of sp³-hybridized carbons (Fsp3) is 0.400. The SMILES string of the molecule is C=CC1(O)CC(C(=O)O)(c2cc(F)c(CN3[C@@H](C)CC[C@H](c4ccccc4)S3(O)O)cc2F)C1. The van der Waals surface area contributed by atoms with Gasteiger partial charge in [-0.05, 0) is 37.5 Å². The second kappa shape index (κ2) is 8.73. The average Bonchev–Trinajstić information content (AvgIpc) is 2.76. The van der Waals surface area contributed by atoms with Crippen molar-refractivity contribution >= 4 is 16.7 Å². The van der Waals surface area contributed by atoms with Crippen molar-refractivity contribution in [1.82, 2.24) is 4.31 Å². The summed E-state index contributed by atoms with van der Waals surface area (Å²) in [6.07, 6.45) is 1.78. The molecular formula is C25H29F2NO5S. The van der Waals surface area contributed by atoms with Crippen molar-refractivity contribution < 1.29 is 32.9 Å². The lowest BCUT2D eigenvalue weighted by atomic mass is 9.56. The molecule has 34 heavy (non-hydrogen) atoms. The van der Waals surface area contributed by atoms with Crippen LogP contribution in [0.3, 0.4) is 0 Å². The van der Waals surface area contributed by atoms with Gasteiger partial charge in [-0.25, -0.2) is 8.78 Å². The van der Waals surface area contributed by atoms with Crippen LogP contribution < -0.4 is 0 Å². The summed E-state index contributed by atoms with van der Waals surface area (Å²) < 4.78 is 54.1. The van der Waals surface area contributed by atoms with Gasteiger partial charge in [0.15, 0.2) is 0 Å². The Bertz CT molecular complexity index is 1100. The predicted octanol–water partition coefficient (Wildman–Crippen LogP) is 5.39. The zero-order valence-corrected chi connectivity index (χ0v) is 19.6. The van der Waals surface area contributed by atoms with Gasteiger partial charge in [0.2, 0.25) is 0 Å². The number of rotatable bonds is 6. The topological polar surface area (TPSA) is 101 Å². The van der Waals surface area contributed by atoms with Crippen molar-refractivity contribution in [1.29, 1.82) is 0 Å². The van der Waals surface area contributed by atoms with Crippen LogP contribution in [0.5, 0.6) is 0 Å². The highest BCUT2D eigenvalue weighted by Gasteiger charge is 2.59. The van der Waals surface area contributed by atoms with E-state index in [1.54, 1.807) is 0 Å². The van der Waals surface area contributed by atoms with Crippen LogP contribution in [-0.4, -0.2) is 41.2 Å². The van der Waals surface area contributed by atoms with Gasteiger partial charge < -0.3 is 10.2 Å². The third-order valence-electron chi connectivity index (χ3n) is 7.22. The normalized spacial score (nSPS) is 31.9. The molecule has 1 aliphatic carbocycles. The Labute approximate surface area is 199 Å². The van der Waals surface area contributed by atoms with Crippen LogP contribution >= 0.6 is 10.8 Å². The molecule has 2 fully saturated rings. The lowest BCUT2D eigenvalue weighted by Crippen LogP contribution is -2.58. The quantitative estimate of drug-likeness (QED) is 0.403. The van der Waals surface area contributed by atoms with Crippen LogP contribution in [0.15, 0.2) is 55.1 Å². The summed E-state index contributed by atoms with van der Waals surface area (Å²) in [5, 5.41) is 19.4. The van der Waals surface area contributed by atoms with Gasteiger partial charge >= 0.3 is 5.97 Å². The molecular weight excluding hydrogens is 464 g/mol. The molecule has 2 aromatic carbocycles. The second-order valence-corrected chi connectivity index (χ2v) is 11.6. The molecule has 1 heterocycles. The highest BCUT2D eigenvalue weighted by molar-refractivity contribution is 8.22. The number of nitrogens with zero attached hydrogens (tertiary/aromatic N) is 1. The van der Waals surface area contributed by atoms with Crippen LogP contribution in [0, 0.1) is 11.6 Å². The number of hydrogen-bond acceptors (Lipinski definition) is 5. The summed E-state index contributed by atoms with van der Waals surface area (Å²) in [5.74, 6) is -3.10. The molecule has 4 rings (SSSR count). The molecule has 9 heteroatoms. The fourth-order valence-electron chi connectivity index (χ4n) is 5.23. The highest BCUT2D eigenvalue weighted by Crippen LogP contribution is 2.63. The monoisotopic (exact) mass is 493 g/mol. The lowest BCUT2D eigenvalue weighted by molar-refractivity contribution is -0.159. The largest absolute Gasteiger partial charge is 0.481 e. The minimum atomic E-state index is -3.35. The smallest absolute Gasteiger partial charge is 0.314 e. The molecule has 4 N–H and O–H groups in total. The van der Waals surface area contributed by atoms with Gasteiger partial charge in [-0.3, -0.25) is 13.9 Å². The number of aliphatic carboxylic acids is 1. The molecule has 0 bridgehead atoms. The van der Waals surface area contributed by atoms with Crippen LogP contribution in [0.4, 0.5) is 8.78 Å². The number of hydrogen-bond donors (Lipinski definition) is 4. The molecule has 184 valence electrons. The van der Waals surface area contributed by atoms with Gasteiger partial charge in [0.05, 0.1) is 10.9 Å². The van der Waals surface area contributed by atoms with E-state index in [-0.39, 0.29) is 36.6 Å². The molecule has 0 radical (unpaired) electrons. The first-order chi connectivity index (χ1) is 15.9. The number of carbonyl (C=O) groups is 1. The molecule has 1 aliphatic heterocycles. The van der Waals surface area contributed by atoms with Gasteiger partial charge in [-0.1, -0.05) is 36.4 Å². The van der Waals surface area contributed by atoms with Crippen molar-refractivity contribution in [3.8, 4) is 0 Å². The van der Waals surface area contributed by atoms with Crippen LogP contribution in [0.25, 0.3) is 0 Å². The molecule has 1 saturated carbocycles. The van der Waals surface area contributed by atoms with Crippen LogP contribution in [0.2, 0.25) is 0 Å². The summed E-state index contributed by atoms with van der Waals surface area (Å²) >= 11 is 0. The van der Waals surface area contributed by atoms with E-state index in [4.69, 9.17) is 0 Å². The maximum Gasteiger partial charge on any atom is 0.314 e. The van der Waals surface area contributed by atoms with Gasteiger partial charge in [0.25, 0.3) is 0 Å². The standard InChI is InChI=1S/C25H29F2NO5S/c1-3-24(31)14-25(15-24,23(29)30)19-12-20(26)18(11-21(19)27)13-28-16(2)9-10-22(34(28,32)33)17-7-5-4-6-8-17/h3-8,11-12,16,22,31-33H,1,9-10,13-15H2,2H3,(H,29,30)/t16-,22+,24?,25?/m0/s1. The molecule has 0 amide bonds. The maximum atomic E-state index is 15.2. The van der Waals surface area contributed by atoms with Crippen LogP contribution in [-0.2, 0) is 16.8 Å². The summed E-state index contributed by atoms with van der Waals surface area (Å²) in [5.41, 5.74) is -2.88. The molecule has 2 aromatic rings. The molecule has 2 aliphatic rings. The number of aliphatic hydroxyl groups is 1. The molecule has 6 nitrogen and oxygen atoms in total. The highest BCUT2D eigenvalue weighted by atomic mass is 32.3. The summed E-state index contributed by atoms with van der Waals surface area (Å²) in [7, 11) is -3.35. The minimum absolute atomic E-state index is 0.0966. The summed E-state index contributed by atoms with van der Waals surface area (Å²) in [6.45, 7) is 5.04. The van der Waals surface area contributed by atoms with E-state index in [2.05, 4.69) is 6.58 Å². The van der Waals surface area contributed by atoms with E-state index in [0.29, 0.717) is 12.8 Å². The zero-order valence-electron chi connectivity index (χ0n) is 18.8. The van der Waals surface area contributed by atoms with Gasteiger partial charge in [-0.2, -0.15) is 4.31 Å². The lowest BCUT2D eigenvalue weighted by Gasteiger charge is -2.54. The second-order valence-electron chi connectivity index (χ2n) is 9.43. The van der Waals surface area contributed by atoms with Crippen LogP contribution in [0.1, 0.15) is 54.5 Å². The molecule has 0 unspecified atom stereocenters. The van der Waals surface area contributed by atoms with E-state index in [1.807, 2.05) is 37.3 Å². The summed E-state index contributed by atoms with van der Waals surface area (Å²) in [4.78, 5) is 12.0. The fourth-order valence-corrected chi connectivity index (χ4v) is 7.49. The number of carboxylic acids is 1. The molecule has 2 atom stereocenters. The van der Waals surface area contributed by atoms with Crippen molar-refractivity contribution in [3.05, 3.63) is 83.4 Å². The first kappa shape index (κ1) is 24.8. The minimum Gasteiger partial charge on any atom is -0.481 e. The number of carboxylic acid groups (broad SMARTS) is 1. The first-order valence-corrected chi connectivity index (χ1v) is 12.7. The van der Waals surface area contributed by atoms with E-state index in [0.717, 1.165) is 17.7 Å². The van der Waals surface area contributed by atoms with Crippen molar-refractivity contribution in [2.24, 2.45) is 0 Å². The molecule has 1 saturated heterocycles. The Kier molecular flexibility index (Phi) is 6.37. The Morgan fingerprint density at radius 2 is 1.82 bits per heavy atom. The zero-order chi connectivity index (χ0) is 24.9. The van der Waals surface area contributed by atoms with Gasteiger partial charge in [0.1, 0.15) is 17.0 Å². The van der Waals surface area contributed by atoms with E-state index < -0.39 is 44.6 Å². The van der Waals surface area contributed by atoms with Crippen molar-refractivity contribution in [3.63, 3.8) is 0 Å². The Balaban J connectivity index is 1.65. The Hall–Kier alpha value is -2.30. The van der Waals surface area contributed by atoms with Gasteiger partial charge in [0, 0.05) is 36.6 Å². The molecule has 0 spiro atoms.